The van der Waals surface area contributed by atoms with E-state index >= 15 is 0 Å². The first-order chi connectivity index (χ1) is 8.24. The Morgan fingerprint density at radius 3 is 2.65 bits per heavy atom. The van der Waals surface area contributed by atoms with Gasteiger partial charge in [0.05, 0.1) is 29.6 Å². The minimum absolute atomic E-state index is 0.113. The van der Waals surface area contributed by atoms with Crippen molar-refractivity contribution in [3.05, 3.63) is 24.0 Å². The van der Waals surface area contributed by atoms with Gasteiger partial charge in [-0.15, -0.1) is 0 Å². The largest absolute Gasteiger partial charge is 0.386 e. The van der Waals surface area contributed by atoms with E-state index in [-0.39, 0.29) is 19.0 Å². The predicted molar refractivity (Wildman–Crippen MR) is 60.9 cm³/mol. The maximum Gasteiger partial charge on any atom is 0.257 e. The van der Waals surface area contributed by atoms with Crippen LogP contribution >= 0.6 is 0 Å². The van der Waals surface area contributed by atoms with Gasteiger partial charge in [-0.05, 0) is 6.07 Å². The lowest BCUT2D eigenvalue weighted by Crippen LogP contribution is -2.32. The molecule has 17 heavy (non-hydrogen) atoms. The topological polar surface area (TPSA) is 92.8 Å². The van der Waals surface area contributed by atoms with E-state index in [4.69, 9.17) is 10.5 Å². The number of hydrogen-bond acceptors (Lipinski definition) is 5. The second-order valence-corrected chi connectivity index (χ2v) is 3.15. The van der Waals surface area contributed by atoms with Gasteiger partial charge in [-0.25, -0.2) is 0 Å². The van der Waals surface area contributed by atoms with Gasteiger partial charge in [0.2, 0.25) is 0 Å². The van der Waals surface area contributed by atoms with Crippen LogP contribution in [0.5, 0.6) is 0 Å². The van der Waals surface area contributed by atoms with E-state index in [0.717, 1.165) is 0 Å². The van der Waals surface area contributed by atoms with E-state index in [1.165, 1.54) is 17.3 Å². The van der Waals surface area contributed by atoms with Crippen LogP contribution in [-0.2, 0) is 0 Å². The summed E-state index contributed by atoms with van der Waals surface area (Å²) in [5.74, 6) is -0.361. The minimum Gasteiger partial charge on any atom is -0.386 e. The maximum atomic E-state index is 12.1. The van der Waals surface area contributed by atoms with Crippen molar-refractivity contribution in [1.29, 1.82) is 10.5 Å². The molecule has 0 fully saturated rings. The van der Waals surface area contributed by atoms with E-state index in [1.807, 2.05) is 12.1 Å². The highest BCUT2D eigenvalue weighted by Crippen LogP contribution is 2.14. The molecule has 0 aliphatic heterocycles. The number of nitriles is 2. The molecule has 1 heterocycles. The van der Waals surface area contributed by atoms with Crippen LogP contribution in [0.4, 0.5) is 5.69 Å². The fraction of sp³-hybridized carbons (Fsp3) is 0.273. The second-order valence-electron chi connectivity index (χ2n) is 3.15. The molecular formula is C11H11N5O. The lowest BCUT2D eigenvalue weighted by atomic mass is 10.2. The molecule has 0 unspecified atom stereocenters. The molecule has 0 aromatic carbocycles. The van der Waals surface area contributed by atoms with Gasteiger partial charge in [-0.2, -0.15) is 10.5 Å². The second kappa shape index (κ2) is 6.09. The number of rotatable bonds is 4. The summed E-state index contributed by atoms with van der Waals surface area (Å²) in [7, 11) is 1.67. The van der Waals surface area contributed by atoms with Crippen molar-refractivity contribution in [2.75, 3.05) is 25.5 Å². The first-order valence-electron chi connectivity index (χ1n) is 4.89. The molecule has 1 rings (SSSR count). The molecular weight excluding hydrogens is 218 g/mol. The number of carbonyl (C=O) groups is 1. The fourth-order valence-corrected chi connectivity index (χ4v) is 1.32. The molecule has 86 valence electrons. The van der Waals surface area contributed by atoms with Crippen LogP contribution in [0.15, 0.2) is 18.5 Å². The van der Waals surface area contributed by atoms with Crippen LogP contribution in [0.1, 0.15) is 10.4 Å². The Hall–Kier alpha value is -2.60. The van der Waals surface area contributed by atoms with Crippen molar-refractivity contribution < 1.29 is 4.79 Å². The summed E-state index contributed by atoms with van der Waals surface area (Å²) in [4.78, 5) is 17.1. The van der Waals surface area contributed by atoms with Crippen LogP contribution in [-0.4, -0.2) is 35.9 Å². The Labute approximate surface area is 99.1 Å². The molecule has 0 radical (unpaired) electrons. The zero-order valence-electron chi connectivity index (χ0n) is 9.34. The van der Waals surface area contributed by atoms with Crippen molar-refractivity contribution >= 4 is 11.6 Å². The van der Waals surface area contributed by atoms with Gasteiger partial charge >= 0.3 is 0 Å². The molecule has 1 aromatic rings. The third-order valence-electron chi connectivity index (χ3n) is 2.13. The number of amides is 1. The smallest absolute Gasteiger partial charge is 0.257 e. The average Bonchev–Trinajstić information content (AvgIpc) is 2.37. The molecule has 1 amide bonds. The Bertz CT molecular complexity index is 469. The molecule has 0 spiro atoms. The number of nitrogens with zero attached hydrogens (tertiary/aromatic N) is 4. The Kier molecular flexibility index (Phi) is 4.46. The van der Waals surface area contributed by atoms with Crippen molar-refractivity contribution in [2.45, 2.75) is 0 Å². The lowest BCUT2D eigenvalue weighted by molar-refractivity contribution is 0.0795. The van der Waals surface area contributed by atoms with Crippen molar-refractivity contribution in [3.63, 3.8) is 0 Å². The predicted octanol–water partition coefficient (Wildman–Crippen LogP) is 0.613. The number of hydrogen-bond donors (Lipinski definition) is 1. The number of aromatic nitrogens is 1. The maximum absolute atomic E-state index is 12.1. The highest BCUT2D eigenvalue weighted by molar-refractivity contribution is 5.99. The number of anilines is 1. The van der Waals surface area contributed by atoms with E-state index in [0.29, 0.717) is 11.3 Å². The lowest BCUT2D eigenvalue weighted by Gasteiger charge is -2.17. The molecule has 0 aliphatic carbocycles. The van der Waals surface area contributed by atoms with Crippen molar-refractivity contribution in [3.8, 4) is 12.1 Å². The monoisotopic (exact) mass is 229 g/mol. The van der Waals surface area contributed by atoms with Crippen LogP contribution in [0.3, 0.4) is 0 Å². The average molecular weight is 229 g/mol. The molecule has 0 aliphatic rings. The van der Waals surface area contributed by atoms with Gasteiger partial charge in [-0.1, -0.05) is 0 Å². The Morgan fingerprint density at radius 1 is 1.47 bits per heavy atom. The van der Waals surface area contributed by atoms with Crippen molar-refractivity contribution in [2.24, 2.45) is 0 Å². The molecule has 0 saturated heterocycles. The molecule has 1 aromatic heterocycles. The summed E-state index contributed by atoms with van der Waals surface area (Å²) in [6.45, 7) is -0.226. The summed E-state index contributed by atoms with van der Waals surface area (Å²) in [6.07, 6.45) is 3.01. The first kappa shape index (κ1) is 12.5. The van der Waals surface area contributed by atoms with Crippen molar-refractivity contribution in [1.82, 2.24) is 9.88 Å². The van der Waals surface area contributed by atoms with Gasteiger partial charge in [0.1, 0.15) is 13.1 Å². The molecule has 1 N–H and O–H groups in total. The normalized spacial score (nSPS) is 8.88. The summed E-state index contributed by atoms with van der Waals surface area (Å²) in [5, 5.41) is 20.0. The Morgan fingerprint density at radius 2 is 2.12 bits per heavy atom. The van der Waals surface area contributed by atoms with E-state index < -0.39 is 0 Å². The fourth-order valence-electron chi connectivity index (χ4n) is 1.32. The van der Waals surface area contributed by atoms with E-state index in [9.17, 15) is 4.79 Å². The van der Waals surface area contributed by atoms with Crippen LogP contribution in [0.25, 0.3) is 0 Å². The SMILES string of the molecule is CNc1cnccc1C(=O)N(CC#N)CC#N. The molecule has 0 saturated carbocycles. The van der Waals surface area contributed by atoms with E-state index in [2.05, 4.69) is 10.3 Å². The third kappa shape index (κ3) is 2.93. The number of carbonyl (C=O) groups excluding carboxylic acids is 1. The van der Waals surface area contributed by atoms with Gasteiger partial charge in [0.15, 0.2) is 0 Å². The van der Waals surface area contributed by atoms with Crippen LogP contribution < -0.4 is 5.32 Å². The van der Waals surface area contributed by atoms with Gasteiger partial charge in [0.25, 0.3) is 5.91 Å². The van der Waals surface area contributed by atoms with Gasteiger partial charge in [-0.3, -0.25) is 9.78 Å². The van der Waals surface area contributed by atoms with Gasteiger partial charge < -0.3 is 10.2 Å². The summed E-state index contributed by atoms with van der Waals surface area (Å²) >= 11 is 0. The standard InChI is InChI=1S/C11H11N5O/c1-14-10-8-15-5-2-9(10)11(17)16(6-3-12)7-4-13/h2,5,8,14H,6-7H2,1H3. The summed E-state index contributed by atoms with van der Waals surface area (Å²) < 4.78 is 0. The highest BCUT2D eigenvalue weighted by atomic mass is 16.2. The molecule has 0 bridgehead atoms. The highest BCUT2D eigenvalue weighted by Gasteiger charge is 2.17. The minimum atomic E-state index is -0.361. The number of nitrogens with one attached hydrogen (secondary N) is 1. The molecule has 6 heteroatoms. The number of pyridine rings is 1. The van der Waals surface area contributed by atoms with Crippen LogP contribution in [0.2, 0.25) is 0 Å². The summed E-state index contributed by atoms with van der Waals surface area (Å²) in [6, 6.07) is 5.27. The van der Waals surface area contributed by atoms with Crippen LogP contribution in [0, 0.1) is 22.7 Å². The zero-order chi connectivity index (χ0) is 12.7. The molecule has 0 atom stereocenters. The quantitative estimate of drug-likeness (QED) is 0.763. The zero-order valence-corrected chi connectivity index (χ0v) is 9.34. The van der Waals surface area contributed by atoms with E-state index in [1.54, 1.807) is 13.1 Å². The first-order valence-corrected chi connectivity index (χ1v) is 4.89. The third-order valence-corrected chi connectivity index (χ3v) is 2.13. The van der Waals surface area contributed by atoms with Gasteiger partial charge in [0, 0.05) is 13.2 Å². The summed E-state index contributed by atoms with van der Waals surface area (Å²) in [5.41, 5.74) is 0.964. The Balaban J connectivity index is 3.02. The molecule has 6 nitrogen and oxygen atoms in total.